The van der Waals surface area contributed by atoms with Gasteiger partial charge in [0.1, 0.15) is 11.6 Å². The van der Waals surface area contributed by atoms with Crippen LogP contribution in [0.15, 0.2) is 36.7 Å². The van der Waals surface area contributed by atoms with Crippen LogP contribution in [0.25, 0.3) is 0 Å². The summed E-state index contributed by atoms with van der Waals surface area (Å²) in [6.07, 6.45) is -1.94. The van der Waals surface area contributed by atoms with Gasteiger partial charge in [-0.2, -0.15) is 13.2 Å². The lowest BCUT2D eigenvalue weighted by atomic mass is 10.1. The zero-order chi connectivity index (χ0) is 16.2. The van der Waals surface area contributed by atoms with Crippen LogP contribution in [-0.4, -0.2) is 29.2 Å². The minimum Gasteiger partial charge on any atom is -0.497 e. The van der Waals surface area contributed by atoms with Gasteiger partial charge in [-0.25, -0.2) is 4.98 Å². The Labute approximate surface area is 124 Å². The van der Waals surface area contributed by atoms with Gasteiger partial charge in [0.25, 0.3) is 0 Å². The van der Waals surface area contributed by atoms with E-state index in [0.29, 0.717) is 11.6 Å². The molecule has 0 spiro atoms. The van der Waals surface area contributed by atoms with E-state index in [1.807, 2.05) is 5.32 Å². The van der Waals surface area contributed by atoms with Crippen molar-refractivity contribution in [1.82, 2.24) is 15.3 Å². The third kappa shape index (κ3) is 4.00. The molecule has 118 valence electrons. The molecule has 0 aliphatic carbocycles. The van der Waals surface area contributed by atoms with E-state index in [1.165, 1.54) is 43.8 Å². The molecule has 1 atom stereocenters. The molecule has 1 amide bonds. The lowest BCUT2D eigenvalue weighted by Gasteiger charge is -2.22. The Morgan fingerprint density at radius 2 is 2.05 bits per heavy atom. The lowest BCUT2D eigenvalue weighted by molar-refractivity contribution is -0.163. The summed E-state index contributed by atoms with van der Waals surface area (Å²) in [4.78, 5) is 18.2. The first kappa shape index (κ1) is 15.9. The highest BCUT2D eigenvalue weighted by atomic mass is 19.4. The van der Waals surface area contributed by atoms with Gasteiger partial charge in [0.05, 0.1) is 13.5 Å². The number of alkyl halides is 3. The fourth-order valence-corrected chi connectivity index (χ4v) is 1.91. The molecule has 0 aliphatic heterocycles. The van der Waals surface area contributed by atoms with E-state index >= 15 is 0 Å². The highest BCUT2D eigenvalue weighted by molar-refractivity contribution is 5.78. The van der Waals surface area contributed by atoms with E-state index in [9.17, 15) is 18.0 Å². The van der Waals surface area contributed by atoms with Gasteiger partial charge in [-0.05, 0) is 17.7 Å². The number of ether oxygens (including phenoxy) is 1. The summed E-state index contributed by atoms with van der Waals surface area (Å²) in [5.74, 6) is -0.0344. The number of hydrogen-bond donors (Lipinski definition) is 2. The summed E-state index contributed by atoms with van der Waals surface area (Å²) < 4.78 is 44.4. The molecule has 1 heterocycles. The van der Waals surface area contributed by atoms with Gasteiger partial charge in [-0.1, -0.05) is 12.1 Å². The summed E-state index contributed by atoms with van der Waals surface area (Å²) >= 11 is 0. The van der Waals surface area contributed by atoms with Gasteiger partial charge in [0, 0.05) is 12.4 Å². The van der Waals surface area contributed by atoms with E-state index in [0.717, 1.165) is 0 Å². The Balaban J connectivity index is 2.13. The zero-order valence-electron chi connectivity index (χ0n) is 11.6. The number of amides is 1. The van der Waals surface area contributed by atoms with Crippen molar-refractivity contribution >= 4 is 5.91 Å². The van der Waals surface area contributed by atoms with Crippen LogP contribution in [0.4, 0.5) is 13.2 Å². The number of nitrogens with zero attached hydrogens (tertiary/aromatic N) is 1. The highest BCUT2D eigenvalue weighted by Gasteiger charge is 2.41. The van der Waals surface area contributed by atoms with Crippen molar-refractivity contribution in [2.24, 2.45) is 0 Å². The summed E-state index contributed by atoms with van der Waals surface area (Å²) in [7, 11) is 1.42. The number of rotatable bonds is 5. The van der Waals surface area contributed by atoms with Crippen molar-refractivity contribution in [1.29, 1.82) is 0 Å². The number of carbonyl (C=O) groups is 1. The summed E-state index contributed by atoms with van der Waals surface area (Å²) in [6.45, 7) is 0. The quantitative estimate of drug-likeness (QED) is 0.890. The van der Waals surface area contributed by atoms with Gasteiger partial charge >= 0.3 is 6.18 Å². The van der Waals surface area contributed by atoms with Crippen LogP contribution in [0.3, 0.4) is 0 Å². The maximum atomic E-state index is 13.2. The monoisotopic (exact) mass is 313 g/mol. The second kappa shape index (κ2) is 6.50. The fourth-order valence-electron chi connectivity index (χ4n) is 1.91. The van der Waals surface area contributed by atoms with Crippen molar-refractivity contribution in [3.05, 3.63) is 48.0 Å². The second-order valence-corrected chi connectivity index (χ2v) is 4.53. The van der Waals surface area contributed by atoms with Crippen molar-refractivity contribution < 1.29 is 22.7 Å². The van der Waals surface area contributed by atoms with Gasteiger partial charge in [-0.3, -0.25) is 4.79 Å². The average molecular weight is 313 g/mol. The van der Waals surface area contributed by atoms with Gasteiger partial charge in [0.15, 0.2) is 6.04 Å². The van der Waals surface area contributed by atoms with E-state index < -0.39 is 18.1 Å². The molecule has 1 aromatic carbocycles. The number of carbonyl (C=O) groups excluding carboxylic acids is 1. The Bertz CT molecular complexity index is 609. The number of imidazole rings is 1. The number of aromatic amines is 1. The van der Waals surface area contributed by atoms with Crippen LogP contribution in [0, 0.1) is 0 Å². The number of benzene rings is 1. The van der Waals surface area contributed by atoms with Crippen molar-refractivity contribution in [2.45, 2.75) is 18.6 Å². The molecular formula is C14H14F3N3O2. The third-order valence-electron chi connectivity index (χ3n) is 2.96. The minimum atomic E-state index is -4.60. The van der Waals surface area contributed by atoms with Crippen LogP contribution < -0.4 is 10.1 Å². The number of methoxy groups -OCH3 is 1. The largest absolute Gasteiger partial charge is 0.497 e. The molecular weight excluding hydrogens is 299 g/mol. The van der Waals surface area contributed by atoms with Gasteiger partial charge in [-0.15, -0.1) is 0 Å². The smallest absolute Gasteiger partial charge is 0.412 e. The van der Waals surface area contributed by atoms with E-state index in [1.54, 1.807) is 0 Å². The standard InChI is InChI=1S/C14H14F3N3O2/c1-22-10-4-2-9(3-5-10)13(14(15,16)17)20-12(21)8-11-18-6-7-19-11/h2-7,13H,8H2,1H3,(H,18,19)(H,20,21). The van der Waals surface area contributed by atoms with Crippen LogP contribution >= 0.6 is 0 Å². The molecule has 1 unspecified atom stereocenters. The fraction of sp³-hybridized carbons (Fsp3) is 0.286. The van der Waals surface area contributed by atoms with Crippen molar-refractivity contribution in [3.63, 3.8) is 0 Å². The van der Waals surface area contributed by atoms with Crippen LogP contribution in [-0.2, 0) is 11.2 Å². The zero-order valence-corrected chi connectivity index (χ0v) is 11.6. The molecule has 5 nitrogen and oxygen atoms in total. The SMILES string of the molecule is COc1ccc(C(NC(=O)Cc2ncc[nH]2)C(F)(F)F)cc1. The molecule has 2 aromatic rings. The molecule has 0 saturated heterocycles. The van der Waals surface area contributed by atoms with Crippen molar-refractivity contribution in [2.75, 3.05) is 7.11 Å². The number of hydrogen-bond acceptors (Lipinski definition) is 3. The molecule has 2 N–H and O–H groups in total. The predicted octanol–water partition coefficient (Wildman–Crippen LogP) is 2.38. The van der Waals surface area contributed by atoms with Crippen LogP contribution in [0.1, 0.15) is 17.4 Å². The Morgan fingerprint density at radius 1 is 1.36 bits per heavy atom. The minimum absolute atomic E-state index is 0.0684. The summed E-state index contributed by atoms with van der Waals surface area (Å²) in [5, 5.41) is 1.98. The highest BCUT2D eigenvalue weighted by Crippen LogP contribution is 2.33. The Hall–Kier alpha value is -2.51. The summed E-state index contributed by atoms with van der Waals surface area (Å²) in [6, 6.07) is 3.27. The average Bonchev–Trinajstić information content (AvgIpc) is 2.96. The van der Waals surface area contributed by atoms with Crippen LogP contribution in [0.2, 0.25) is 0 Å². The first-order chi connectivity index (χ1) is 10.4. The first-order valence-electron chi connectivity index (χ1n) is 6.38. The molecule has 0 aliphatic rings. The lowest BCUT2D eigenvalue weighted by Crippen LogP contribution is -2.39. The third-order valence-corrected chi connectivity index (χ3v) is 2.96. The van der Waals surface area contributed by atoms with Crippen molar-refractivity contribution in [3.8, 4) is 5.75 Å². The van der Waals surface area contributed by atoms with Gasteiger partial charge in [0.2, 0.25) is 5.91 Å². The number of halogens is 3. The molecule has 0 bridgehead atoms. The first-order valence-corrected chi connectivity index (χ1v) is 6.38. The van der Waals surface area contributed by atoms with Crippen LogP contribution in [0.5, 0.6) is 5.75 Å². The Kier molecular flexibility index (Phi) is 4.69. The van der Waals surface area contributed by atoms with E-state index in [-0.39, 0.29) is 12.0 Å². The molecule has 8 heteroatoms. The maximum absolute atomic E-state index is 13.2. The maximum Gasteiger partial charge on any atom is 0.412 e. The van der Waals surface area contributed by atoms with E-state index in [2.05, 4.69) is 9.97 Å². The topological polar surface area (TPSA) is 67.0 Å². The molecule has 0 saturated carbocycles. The molecule has 1 aromatic heterocycles. The molecule has 0 radical (unpaired) electrons. The van der Waals surface area contributed by atoms with E-state index in [4.69, 9.17) is 4.74 Å². The molecule has 0 fully saturated rings. The number of H-pyrrole nitrogens is 1. The molecule has 2 rings (SSSR count). The summed E-state index contributed by atoms with van der Waals surface area (Å²) in [5.41, 5.74) is -0.0684. The second-order valence-electron chi connectivity index (χ2n) is 4.53. The Morgan fingerprint density at radius 3 is 2.55 bits per heavy atom. The normalized spacial score (nSPS) is 12.7. The number of nitrogens with one attached hydrogen (secondary N) is 2. The predicted molar refractivity (Wildman–Crippen MR) is 72.2 cm³/mol. The molecule has 22 heavy (non-hydrogen) atoms. The number of aromatic nitrogens is 2. The van der Waals surface area contributed by atoms with Gasteiger partial charge < -0.3 is 15.0 Å².